The number of nitrogens with two attached hydrogens (primary N) is 1. The second-order valence-corrected chi connectivity index (χ2v) is 7.34. The van der Waals surface area contributed by atoms with E-state index in [0.717, 1.165) is 5.57 Å². The number of carbonyl (C=O) groups is 1. The van der Waals surface area contributed by atoms with Gasteiger partial charge < -0.3 is 30.1 Å². The van der Waals surface area contributed by atoms with Crippen molar-refractivity contribution in [1.29, 1.82) is 0 Å². The highest BCUT2D eigenvalue weighted by atomic mass is 32.5. The summed E-state index contributed by atoms with van der Waals surface area (Å²) in [5, 5.41) is 2.61. The summed E-state index contributed by atoms with van der Waals surface area (Å²) in [5.41, 5.74) is 6.51. The van der Waals surface area contributed by atoms with Crippen molar-refractivity contribution in [1.82, 2.24) is 10.2 Å². The maximum absolute atomic E-state index is 11.8. The minimum Gasteiger partial charge on any atom is -0.780 e. The Balaban J connectivity index is 1.92. The smallest absolute Gasteiger partial charge is 0.325 e. The first-order chi connectivity index (χ1) is 9.26. The van der Waals surface area contributed by atoms with Crippen LogP contribution in [-0.4, -0.2) is 40.9 Å². The lowest BCUT2D eigenvalue weighted by atomic mass is 10.2. The molecule has 0 spiro atoms. The molecule has 0 aromatic rings. The monoisotopic (exact) mass is 322 g/mol. The molecule has 0 saturated carbocycles. The summed E-state index contributed by atoms with van der Waals surface area (Å²) in [6.07, 6.45) is 1.59. The Bertz CT molecular complexity index is 468. The van der Waals surface area contributed by atoms with Crippen LogP contribution in [-0.2, 0) is 21.1 Å². The predicted octanol–water partition coefficient (Wildman–Crippen LogP) is -0.701. The van der Waals surface area contributed by atoms with Gasteiger partial charge >= 0.3 is 6.03 Å². The van der Waals surface area contributed by atoms with Crippen molar-refractivity contribution in [3.05, 3.63) is 11.8 Å². The van der Waals surface area contributed by atoms with E-state index in [-0.39, 0.29) is 18.7 Å². The first-order valence-corrected chi connectivity index (χ1v) is 8.72. The van der Waals surface area contributed by atoms with Crippen molar-refractivity contribution >= 4 is 24.6 Å². The second kappa shape index (κ2) is 6.07. The number of ether oxygens (including phenoxy) is 1. The highest BCUT2D eigenvalue weighted by Crippen LogP contribution is 2.33. The molecule has 20 heavy (non-hydrogen) atoms. The van der Waals surface area contributed by atoms with Gasteiger partial charge in [-0.1, -0.05) is 11.8 Å². The van der Waals surface area contributed by atoms with Crippen molar-refractivity contribution in [2.45, 2.75) is 38.3 Å². The molecule has 0 radical (unpaired) electrons. The summed E-state index contributed by atoms with van der Waals surface area (Å²) >= 11 is 4.26. The van der Waals surface area contributed by atoms with Gasteiger partial charge in [0.15, 0.2) is 0 Å². The minimum atomic E-state index is -3.92. The summed E-state index contributed by atoms with van der Waals surface area (Å²) < 4.78 is 10.3. The lowest BCUT2D eigenvalue weighted by Gasteiger charge is -2.32. The van der Waals surface area contributed by atoms with E-state index in [1.807, 2.05) is 6.92 Å². The molecule has 0 aromatic heterocycles. The molecule has 8 nitrogen and oxygen atoms in total. The Kier molecular flexibility index (Phi) is 4.80. The average Bonchev–Trinajstić information content (AvgIpc) is 2.79. The van der Waals surface area contributed by atoms with E-state index in [4.69, 9.17) is 15.4 Å². The number of hydrogen-bond acceptors (Lipinski definition) is 6. The Morgan fingerprint density at radius 1 is 1.75 bits per heavy atom. The van der Waals surface area contributed by atoms with Gasteiger partial charge in [-0.3, -0.25) is 4.90 Å². The molecule has 2 aliphatic rings. The fourth-order valence-corrected chi connectivity index (χ4v) is 2.62. The van der Waals surface area contributed by atoms with Gasteiger partial charge in [-0.05, 0) is 25.3 Å². The maximum atomic E-state index is 11.8. The van der Waals surface area contributed by atoms with Gasteiger partial charge in [0, 0.05) is 6.20 Å². The predicted molar refractivity (Wildman–Crippen MR) is 72.5 cm³/mol. The van der Waals surface area contributed by atoms with Crippen molar-refractivity contribution in [3.8, 4) is 0 Å². The Morgan fingerprint density at radius 2 is 2.45 bits per heavy atom. The van der Waals surface area contributed by atoms with Crippen molar-refractivity contribution in [3.63, 3.8) is 0 Å². The van der Waals surface area contributed by atoms with Gasteiger partial charge in [-0.2, -0.15) is 0 Å². The summed E-state index contributed by atoms with van der Waals surface area (Å²) in [6.45, 7) is -2.17. The molecule has 0 aliphatic carbocycles. The molecule has 114 valence electrons. The summed E-state index contributed by atoms with van der Waals surface area (Å²) in [4.78, 5) is 33.0. The molecule has 2 amide bonds. The topological polar surface area (TPSA) is 120 Å². The first-order valence-electron chi connectivity index (χ1n) is 6.13. The van der Waals surface area contributed by atoms with Crippen LogP contribution in [0.2, 0.25) is 0 Å². The fourth-order valence-electron chi connectivity index (χ4n) is 2.08. The van der Waals surface area contributed by atoms with E-state index in [1.54, 1.807) is 6.20 Å². The standard InChI is InChI=1S/C10H18N3O5PS/c1-6-4-13(10(14)12-9(6)11)8-3-2-7(18-8)5-17-19(15,16)20/h4,7-9H,2-3,5,11H2,1H3,(H,12,14)(H2,15,16,20)/p-1/t7-,8+,9?/m0/s1. The molecule has 1 saturated heterocycles. The number of carbonyl (C=O) groups excluding carboxylic acids is 1. The molecule has 2 heterocycles. The van der Waals surface area contributed by atoms with Crippen LogP contribution >= 0.6 is 6.72 Å². The molecule has 2 aliphatic heterocycles. The summed E-state index contributed by atoms with van der Waals surface area (Å²) in [6, 6.07) is -0.328. The SMILES string of the molecule is CC1=CN([C@H]2CC[C@@H](COP([O-])(O)=S)O2)C(=O)NC1N. The van der Waals surface area contributed by atoms with Crippen LogP contribution in [0.25, 0.3) is 0 Å². The zero-order chi connectivity index (χ0) is 14.9. The van der Waals surface area contributed by atoms with Crippen LogP contribution in [0.15, 0.2) is 11.8 Å². The molecule has 4 N–H and O–H groups in total. The highest BCUT2D eigenvalue weighted by molar-refractivity contribution is 8.06. The number of nitrogens with zero attached hydrogens (tertiary/aromatic N) is 1. The molecule has 2 rings (SSSR count). The Hall–Kier alpha value is -0.540. The summed E-state index contributed by atoms with van der Waals surface area (Å²) in [5.74, 6) is 0. The number of nitrogens with one attached hydrogen (secondary N) is 1. The second-order valence-electron chi connectivity index (χ2n) is 4.76. The lowest BCUT2D eigenvalue weighted by Crippen LogP contribution is -2.54. The lowest BCUT2D eigenvalue weighted by molar-refractivity contribution is -0.204. The largest absolute Gasteiger partial charge is 0.780 e. The molecule has 10 heteroatoms. The molecule has 0 aromatic carbocycles. The van der Waals surface area contributed by atoms with Crippen molar-refractivity contribution < 1.29 is 23.8 Å². The average molecular weight is 322 g/mol. The highest BCUT2D eigenvalue weighted by Gasteiger charge is 2.34. The van der Waals surface area contributed by atoms with Crippen molar-refractivity contribution in [2.75, 3.05) is 6.61 Å². The van der Waals surface area contributed by atoms with Crippen LogP contribution in [0.3, 0.4) is 0 Å². The molecule has 4 atom stereocenters. The first kappa shape index (κ1) is 15.8. The molecule has 2 unspecified atom stereocenters. The fraction of sp³-hybridized carbons (Fsp3) is 0.700. The van der Waals surface area contributed by atoms with Gasteiger partial charge in [0.05, 0.1) is 12.7 Å². The zero-order valence-corrected chi connectivity index (χ0v) is 12.6. The van der Waals surface area contributed by atoms with E-state index < -0.39 is 19.1 Å². The Labute approximate surface area is 121 Å². The maximum Gasteiger partial charge on any atom is 0.325 e. The molecule has 1 fully saturated rings. The zero-order valence-electron chi connectivity index (χ0n) is 10.9. The third-order valence-corrected chi connectivity index (χ3v) is 3.96. The van der Waals surface area contributed by atoms with Crippen LogP contribution in [0.1, 0.15) is 19.8 Å². The number of rotatable bonds is 4. The van der Waals surface area contributed by atoms with E-state index in [1.165, 1.54) is 4.90 Å². The van der Waals surface area contributed by atoms with Crippen LogP contribution in [0.4, 0.5) is 4.79 Å². The third-order valence-electron chi connectivity index (χ3n) is 3.17. The van der Waals surface area contributed by atoms with Crippen molar-refractivity contribution in [2.24, 2.45) is 5.73 Å². The summed E-state index contributed by atoms with van der Waals surface area (Å²) in [7, 11) is 0. The minimum absolute atomic E-state index is 0.0640. The number of amides is 2. The molecular weight excluding hydrogens is 305 g/mol. The Morgan fingerprint density at radius 3 is 3.10 bits per heavy atom. The van der Waals surface area contributed by atoms with Gasteiger partial charge in [-0.15, -0.1) is 0 Å². The van der Waals surface area contributed by atoms with Gasteiger partial charge in [-0.25, -0.2) is 4.79 Å². The van der Waals surface area contributed by atoms with E-state index in [0.29, 0.717) is 12.8 Å². The molecular formula is C10H17N3O5PS-. The number of urea groups is 1. The van der Waals surface area contributed by atoms with E-state index in [2.05, 4.69) is 21.6 Å². The third kappa shape index (κ3) is 3.98. The van der Waals surface area contributed by atoms with Gasteiger partial charge in [0.2, 0.25) is 0 Å². The van der Waals surface area contributed by atoms with Gasteiger partial charge in [0.1, 0.15) is 19.1 Å². The quantitative estimate of drug-likeness (QED) is 0.585. The number of hydrogen-bond donors (Lipinski definition) is 3. The van der Waals surface area contributed by atoms with Gasteiger partial charge in [0.25, 0.3) is 0 Å². The van der Waals surface area contributed by atoms with Crippen LogP contribution in [0.5, 0.6) is 0 Å². The van der Waals surface area contributed by atoms with E-state index >= 15 is 0 Å². The van der Waals surface area contributed by atoms with E-state index in [9.17, 15) is 9.69 Å². The molecule has 0 bridgehead atoms. The normalized spacial score (nSPS) is 33.6. The van der Waals surface area contributed by atoms with Crippen LogP contribution in [0, 0.1) is 0 Å². The van der Waals surface area contributed by atoms with Crippen LogP contribution < -0.4 is 15.9 Å².